The number of ether oxygens (including phenoxy) is 1. The molecule has 0 radical (unpaired) electrons. The smallest absolute Gasteiger partial charge is 0.346 e. The molecule has 0 unspecified atom stereocenters. The van der Waals surface area contributed by atoms with Gasteiger partial charge in [-0.15, -0.1) is 0 Å². The summed E-state index contributed by atoms with van der Waals surface area (Å²) >= 11 is 0. The molecule has 5 heteroatoms. The highest BCUT2D eigenvalue weighted by atomic mass is 19.1. The van der Waals surface area contributed by atoms with Crippen molar-refractivity contribution in [3.63, 3.8) is 0 Å². The Balaban J connectivity index is 2.15. The van der Waals surface area contributed by atoms with Gasteiger partial charge in [-0.05, 0) is 36.4 Å². The van der Waals surface area contributed by atoms with Crippen molar-refractivity contribution in [3.05, 3.63) is 65.5 Å². The molecule has 0 aromatic heterocycles. The molecule has 0 spiro atoms. The Labute approximate surface area is 109 Å². The van der Waals surface area contributed by atoms with Gasteiger partial charge in [0.05, 0.1) is 5.56 Å². The maximum absolute atomic E-state index is 13.4. The van der Waals surface area contributed by atoms with Crippen molar-refractivity contribution in [3.8, 4) is 5.75 Å². The number of nitrogens with one attached hydrogen (secondary N) is 1. The van der Waals surface area contributed by atoms with Crippen LogP contribution in [-0.4, -0.2) is 11.8 Å². The molecule has 0 aliphatic heterocycles. The fraction of sp³-hybridized carbons (Fsp3) is 0. The van der Waals surface area contributed by atoms with Gasteiger partial charge in [0.15, 0.2) is 0 Å². The third kappa shape index (κ3) is 2.95. The van der Waals surface area contributed by atoms with Gasteiger partial charge >= 0.3 is 5.97 Å². The zero-order valence-electron chi connectivity index (χ0n) is 9.89. The summed E-state index contributed by atoms with van der Waals surface area (Å²) < 4.78 is 18.4. The first-order chi connectivity index (χ1) is 9.08. The van der Waals surface area contributed by atoms with E-state index < -0.39 is 11.8 Å². The highest BCUT2D eigenvalue weighted by Gasteiger charge is 2.13. The third-order valence-corrected chi connectivity index (χ3v) is 2.47. The van der Waals surface area contributed by atoms with Crippen molar-refractivity contribution in [2.45, 2.75) is 0 Å². The van der Waals surface area contributed by atoms with Crippen LogP contribution in [0.4, 0.5) is 4.39 Å². The number of rotatable bonds is 3. The Morgan fingerprint density at radius 2 is 1.74 bits per heavy atom. The van der Waals surface area contributed by atoms with E-state index in [4.69, 9.17) is 15.9 Å². The average molecular weight is 258 g/mol. The molecule has 2 aromatic rings. The lowest BCUT2D eigenvalue weighted by Crippen LogP contribution is -2.12. The van der Waals surface area contributed by atoms with Crippen molar-refractivity contribution in [2.75, 3.05) is 0 Å². The highest BCUT2D eigenvalue weighted by Crippen LogP contribution is 2.15. The van der Waals surface area contributed by atoms with Crippen LogP contribution in [0.3, 0.4) is 0 Å². The molecule has 2 aromatic carbocycles. The van der Waals surface area contributed by atoms with Crippen LogP contribution in [0.25, 0.3) is 0 Å². The van der Waals surface area contributed by atoms with E-state index in [0.29, 0.717) is 5.56 Å². The molecular formula is C14H11FN2O2. The summed E-state index contributed by atoms with van der Waals surface area (Å²) in [6.45, 7) is 0. The van der Waals surface area contributed by atoms with E-state index in [9.17, 15) is 9.18 Å². The van der Waals surface area contributed by atoms with Crippen molar-refractivity contribution < 1.29 is 13.9 Å². The largest absolute Gasteiger partial charge is 0.423 e. The SMILES string of the molecule is N=C(N)c1ccc(OC(=O)c2ccccc2F)cc1. The Bertz CT molecular complexity index is 624. The number of hydrogen-bond acceptors (Lipinski definition) is 3. The van der Waals surface area contributed by atoms with Crippen LogP contribution in [0.2, 0.25) is 0 Å². The van der Waals surface area contributed by atoms with Crippen LogP contribution < -0.4 is 10.5 Å². The molecular weight excluding hydrogens is 247 g/mol. The van der Waals surface area contributed by atoms with Crippen LogP contribution in [-0.2, 0) is 0 Å². The maximum atomic E-state index is 13.4. The van der Waals surface area contributed by atoms with Gasteiger partial charge in [-0.1, -0.05) is 12.1 Å². The second kappa shape index (κ2) is 5.30. The van der Waals surface area contributed by atoms with Crippen LogP contribution in [0.15, 0.2) is 48.5 Å². The van der Waals surface area contributed by atoms with E-state index in [1.807, 2.05) is 0 Å². The molecule has 2 rings (SSSR count). The highest BCUT2D eigenvalue weighted by molar-refractivity contribution is 5.95. The lowest BCUT2D eigenvalue weighted by molar-refractivity contribution is 0.0730. The summed E-state index contributed by atoms with van der Waals surface area (Å²) in [5.74, 6) is -1.22. The number of hydrogen-bond donors (Lipinski definition) is 2. The lowest BCUT2D eigenvalue weighted by atomic mass is 10.2. The molecule has 0 bridgehead atoms. The van der Waals surface area contributed by atoms with Crippen molar-refractivity contribution in [1.82, 2.24) is 0 Å². The number of halogens is 1. The standard InChI is InChI=1S/C14H11FN2O2/c15-12-4-2-1-3-11(12)14(18)19-10-7-5-9(6-8-10)13(16)17/h1-8H,(H3,16,17). The van der Waals surface area contributed by atoms with Crippen molar-refractivity contribution in [1.29, 1.82) is 5.41 Å². The number of amidine groups is 1. The summed E-state index contributed by atoms with van der Waals surface area (Å²) in [5, 5.41) is 7.23. The van der Waals surface area contributed by atoms with Gasteiger partial charge in [0.25, 0.3) is 0 Å². The van der Waals surface area contributed by atoms with Gasteiger partial charge < -0.3 is 10.5 Å². The van der Waals surface area contributed by atoms with E-state index in [1.165, 1.54) is 30.3 Å². The molecule has 0 fully saturated rings. The van der Waals surface area contributed by atoms with E-state index in [1.54, 1.807) is 18.2 Å². The van der Waals surface area contributed by atoms with Gasteiger partial charge in [-0.2, -0.15) is 0 Å². The van der Waals surface area contributed by atoms with Gasteiger partial charge in [0.2, 0.25) is 0 Å². The minimum absolute atomic E-state index is 0.0769. The summed E-state index contributed by atoms with van der Waals surface area (Å²) in [6, 6.07) is 11.7. The van der Waals surface area contributed by atoms with E-state index in [0.717, 1.165) is 0 Å². The molecule has 0 aliphatic carbocycles. The van der Waals surface area contributed by atoms with Crippen LogP contribution >= 0.6 is 0 Å². The summed E-state index contributed by atoms with van der Waals surface area (Å²) in [4.78, 5) is 11.7. The number of carbonyl (C=O) groups is 1. The molecule has 4 nitrogen and oxygen atoms in total. The maximum Gasteiger partial charge on any atom is 0.346 e. The van der Waals surface area contributed by atoms with Crippen LogP contribution in [0.1, 0.15) is 15.9 Å². The van der Waals surface area contributed by atoms with E-state index in [-0.39, 0.29) is 17.1 Å². The lowest BCUT2D eigenvalue weighted by Gasteiger charge is -2.05. The average Bonchev–Trinajstić information content (AvgIpc) is 2.39. The van der Waals surface area contributed by atoms with Gasteiger partial charge in [0.1, 0.15) is 17.4 Å². The normalized spacial score (nSPS) is 9.95. The van der Waals surface area contributed by atoms with Crippen LogP contribution in [0, 0.1) is 11.2 Å². The first kappa shape index (κ1) is 12.8. The Hall–Kier alpha value is -2.69. The minimum atomic E-state index is -0.770. The summed E-state index contributed by atoms with van der Waals surface area (Å²) in [6.07, 6.45) is 0. The van der Waals surface area contributed by atoms with E-state index in [2.05, 4.69) is 0 Å². The fourth-order valence-corrected chi connectivity index (χ4v) is 1.49. The van der Waals surface area contributed by atoms with Gasteiger partial charge in [-0.3, -0.25) is 5.41 Å². The summed E-state index contributed by atoms with van der Waals surface area (Å²) in [7, 11) is 0. The number of carbonyl (C=O) groups excluding carboxylic acids is 1. The number of nitrogens with two attached hydrogens (primary N) is 1. The quantitative estimate of drug-likeness (QED) is 0.384. The molecule has 0 heterocycles. The predicted molar refractivity (Wildman–Crippen MR) is 68.8 cm³/mol. The molecule has 0 saturated carbocycles. The molecule has 19 heavy (non-hydrogen) atoms. The molecule has 0 saturated heterocycles. The Kier molecular flexibility index (Phi) is 3.56. The Morgan fingerprint density at radius 1 is 1.11 bits per heavy atom. The van der Waals surface area contributed by atoms with E-state index >= 15 is 0 Å². The Morgan fingerprint density at radius 3 is 2.32 bits per heavy atom. The first-order valence-corrected chi connectivity index (χ1v) is 5.49. The monoisotopic (exact) mass is 258 g/mol. The number of benzene rings is 2. The molecule has 0 amide bonds. The first-order valence-electron chi connectivity index (χ1n) is 5.49. The molecule has 0 atom stereocenters. The zero-order chi connectivity index (χ0) is 13.8. The number of nitrogen functional groups attached to an aromatic ring is 1. The third-order valence-electron chi connectivity index (χ3n) is 2.47. The number of esters is 1. The van der Waals surface area contributed by atoms with Gasteiger partial charge in [-0.25, -0.2) is 9.18 Å². The second-order valence-electron chi connectivity index (χ2n) is 3.81. The minimum Gasteiger partial charge on any atom is -0.423 e. The molecule has 0 aliphatic rings. The second-order valence-corrected chi connectivity index (χ2v) is 3.81. The predicted octanol–water partition coefficient (Wildman–Crippen LogP) is 2.33. The fourth-order valence-electron chi connectivity index (χ4n) is 1.49. The molecule has 96 valence electrons. The van der Waals surface area contributed by atoms with Crippen molar-refractivity contribution >= 4 is 11.8 Å². The zero-order valence-corrected chi connectivity index (χ0v) is 9.89. The topological polar surface area (TPSA) is 76.2 Å². The molecule has 3 N–H and O–H groups in total. The van der Waals surface area contributed by atoms with Crippen molar-refractivity contribution in [2.24, 2.45) is 5.73 Å². The van der Waals surface area contributed by atoms with Gasteiger partial charge in [0, 0.05) is 5.56 Å². The summed E-state index contributed by atoms with van der Waals surface area (Å²) in [5.41, 5.74) is 5.69. The van der Waals surface area contributed by atoms with Crippen LogP contribution in [0.5, 0.6) is 5.75 Å².